The fraction of sp³-hybridized carbons (Fsp3) is 0.600. The number of rotatable bonds is 8. The Kier molecular flexibility index (Phi) is 8.57. The predicted octanol–water partition coefficient (Wildman–Crippen LogP) is 5.10. The van der Waals surface area contributed by atoms with Crippen molar-refractivity contribution in [1.29, 1.82) is 0 Å². The molecular formula is C30H36F5N3O3. The highest BCUT2D eigenvalue weighted by Gasteiger charge is 2.58. The van der Waals surface area contributed by atoms with Gasteiger partial charge in [0.2, 0.25) is 11.6 Å². The van der Waals surface area contributed by atoms with Crippen molar-refractivity contribution in [1.82, 2.24) is 15.5 Å². The van der Waals surface area contributed by atoms with Crippen LogP contribution in [-0.2, 0) is 9.59 Å². The van der Waals surface area contributed by atoms with Crippen molar-refractivity contribution >= 4 is 17.4 Å². The molecule has 2 N–H and O–H groups in total. The standard InChI is InChI=1S/C30H36F5N3O3/c31-23-17-21(22-5-1-2-13-29(22,32)27(40)37-26(39)24-6-3-14-36-24)7-8-25(23)41-18-20-9-15-38(16-10-20)19-28(11-4-12-28)30(33,34)35/h1-2,5,7-8,17,20,24,36H,3-4,6,9-16,18-19H2,(H,37,39,40). The molecular weight excluding hydrogens is 545 g/mol. The number of hydrogen-bond acceptors (Lipinski definition) is 5. The van der Waals surface area contributed by atoms with Gasteiger partial charge in [0.15, 0.2) is 11.6 Å². The van der Waals surface area contributed by atoms with E-state index in [2.05, 4.69) is 10.6 Å². The number of nitrogens with one attached hydrogen (secondary N) is 2. The number of allylic oxidation sites excluding steroid dienone is 3. The molecule has 0 radical (unpaired) electrons. The van der Waals surface area contributed by atoms with Gasteiger partial charge < -0.3 is 15.0 Å². The first-order valence-corrected chi connectivity index (χ1v) is 14.4. The van der Waals surface area contributed by atoms with E-state index in [1.165, 1.54) is 24.3 Å². The van der Waals surface area contributed by atoms with Crippen LogP contribution >= 0.6 is 0 Å². The third-order valence-corrected chi connectivity index (χ3v) is 9.06. The smallest absolute Gasteiger partial charge is 0.395 e. The van der Waals surface area contributed by atoms with Gasteiger partial charge in [0.25, 0.3) is 5.91 Å². The lowest BCUT2D eigenvalue weighted by Crippen LogP contribution is -2.53. The first-order valence-electron chi connectivity index (χ1n) is 14.4. The van der Waals surface area contributed by atoms with E-state index in [0.717, 1.165) is 12.5 Å². The zero-order valence-corrected chi connectivity index (χ0v) is 22.9. The quantitative estimate of drug-likeness (QED) is 0.331. The monoisotopic (exact) mass is 581 g/mol. The highest BCUT2D eigenvalue weighted by molar-refractivity contribution is 6.08. The number of ether oxygens (including phenoxy) is 1. The summed E-state index contributed by atoms with van der Waals surface area (Å²) < 4.78 is 77.4. The second kappa shape index (κ2) is 11.8. The van der Waals surface area contributed by atoms with E-state index in [-0.39, 0.29) is 55.2 Å². The molecule has 2 amide bonds. The summed E-state index contributed by atoms with van der Waals surface area (Å²) in [6.45, 7) is 1.97. The Labute approximate surface area is 236 Å². The number of piperidine rings is 1. The minimum Gasteiger partial charge on any atom is -0.490 e. The van der Waals surface area contributed by atoms with Gasteiger partial charge in [-0.2, -0.15) is 13.2 Å². The summed E-state index contributed by atoms with van der Waals surface area (Å²) in [4.78, 5) is 27.2. The van der Waals surface area contributed by atoms with Gasteiger partial charge in [0.1, 0.15) is 0 Å². The van der Waals surface area contributed by atoms with Crippen LogP contribution in [0.3, 0.4) is 0 Å². The number of amides is 2. The molecule has 2 aliphatic heterocycles. The van der Waals surface area contributed by atoms with Gasteiger partial charge in [-0.1, -0.05) is 30.7 Å². The zero-order valence-electron chi connectivity index (χ0n) is 22.9. The van der Waals surface area contributed by atoms with Gasteiger partial charge in [-0.25, -0.2) is 8.78 Å². The zero-order chi connectivity index (χ0) is 29.3. The van der Waals surface area contributed by atoms with Crippen LogP contribution < -0.4 is 15.4 Å². The molecule has 1 aromatic carbocycles. The fourth-order valence-electron chi connectivity index (χ4n) is 6.25. The lowest BCUT2D eigenvalue weighted by molar-refractivity contribution is -0.256. The van der Waals surface area contributed by atoms with E-state index < -0.39 is 40.9 Å². The largest absolute Gasteiger partial charge is 0.490 e. The summed E-state index contributed by atoms with van der Waals surface area (Å²) in [7, 11) is 0. The van der Waals surface area contributed by atoms with Crippen LogP contribution in [0.5, 0.6) is 5.75 Å². The molecule has 4 aliphatic rings. The van der Waals surface area contributed by atoms with Crippen molar-refractivity contribution in [2.45, 2.75) is 69.3 Å². The lowest BCUT2D eigenvalue weighted by atomic mass is 9.67. The normalized spacial score (nSPS) is 26.8. The number of halogens is 5. The first kappa shape index (κ1) is 29.7. The highest BCUT2D eigenvalue weighted by atomic mass is 19.4. The predicted molar refractivity (Wildman–Crippen MR) is 143 cm³/mol. The van der Waals surface area contributed by atoms with Gasteiger partial charge in [-0.05, 0) is 81.8 Å². The number of imide groups is 1. The van der Waals surface area contributed by atoms with Gasteiger partial charge in [0, 0.05) is 18.5 Å². The minimum atomic E-state index is -4.19. The van der Waals surface area contributed by atoms with Crippen LogP contribution in [0.2, 0.25) is 0 Å². The summed E-state index contributed by atoms with van der Waals surface area (Å²) in [6, 6.07) is 3.42. The van der Waals surface area contributed by atoms with Crippen molar-refractivity contribution in [3.63, 3.8) is 0 Å². The molecule has 2 saturated heterocycles. The number of nitrogens with zero attached hydrogens (tertiary/aromatic N) is 1. The van der Waals surface area contributed by atoms with Crippen LogP contribution in [-0.4, -0.2) is 67.4 Å². The van der Waals surface area contributed by atoms with Crippen molar-refractivity contribution < 1.29 is 36.3 Å². The second-order valence-corrected chi connectivity index (χ2v) is 11.8. The molecule has 2 aliphatic carbocycles. The maximum Gasteiger partial charge on any atom is 0.395 e. The molecule has 0 spiro atoms. The van der Waals surface area contributed by atoms with Gasteiger partial charge in [-0.15, -0.1) is 0 Å². The lowest BCUT2D eigenvalue weighted by Gasteiger charge is -2.47. The van der Waals surface area contributed by atoms with Crippen LogP contribution in [0.15, 0.2) is 36.4 Å². The number of likely N-dealkylation sites (tertiary alicyclic amines) is 1. The molecule has 1 saturated carbocycles. The molecule has 0 bridgehead atoms. The Balaban J connectivity index is 1.16. The maximum absolute atomic E-state index is 16.1. The molecule has 1 aromatic rings. The molecule has 2 heterocycles. The van der Waals surface area contributed by atoms with Crippen LogP contribution in [0, 0.1) is 17.2 Å². The number of hydrogen-bond donors (Lipinski definition) is 2. The Bertz CT molecular complexity index is 1200. The Morgan fingerprint density at radius 3 is 2.49 bits per heavy atom. The van der Waals surface area contributed by atoms with E-state index in [1.54, 1.807) is 6.08 Å². The van der Waals surface area contributed by atoms with E-state index in [9.17, 15) is 22.8 Å². The van der Waals surface area contributed by atoms with Crippen LogP contribution in [0.25, 0.3) is 5.57 Å². The summed E-state index contributed by atoms with van der Waals surface area (Å²) >= 11 is 0. The summed E-state index contributed by atoms with van der Waals surface area (Å²) in [5, 5.41) is 5.14. The molecule has 3 fully saturated rings. The molecule has 0 aromatic heterocycles. The first-order chi connectivity index (χ1) is 19.5. The molecule has 2 atom stereocenters. The van der Waals surface area contributed by atoms with E-state index in [4.69, 9.17) is 4.74 Å². The number of alkyl halides is 4. The third-order valence-electron chi connectivity index (χ3n) is 9.06. The average Bonchev–Trinajstić information content (AvgIpc) is 3.46. The summed E-state index contributed by atoms with van der Waals surface area (Å²) in [6.07, 6.45) is 3.63. The molecule has 2 unspecified atom stereocenters. The van der Waals surface area contributed by atoms with Gasteiger partial charge >= 0.3 is 6.18 Å². The van der Waals surface area contributed by atoms with Gasteiger partial charge in [-0.3, -0.25) is 14.9 Å². The Morgan fingerprint density at radius 1 is 1.12 bits per heavy atom. The summed E-state index contributed by atoms with van der Waals surface area (Å²) in [5.74, 6) is -2.33. The third kappa shape index (κ3) is 6.21. The molecule has 6 nitrogen and oxygen atoms in total. The van der Waals surface area contributed by atoms with Crippen molar-refractivity contribution in [3.8, 4) is 5.75 Å². The average molecular weight is 582 g/mol. The maximum atomic E-state index is 16.1. The van der Waals surface area contributed by atoms with Crippen molar-refractivity contribution in [2.75, 3.05) is 32.8 Å². The highest BCUT2D eigenvalue weighted by Crippen LogP contribution is 2.53. The number of benzene rings is 1. The Hall–Kier alpha value is -2.79. The van der Waals surface area contributed by atoms with Crippen molar-refractivity contribution in [3.05, 3.63) is 47.8 Å². The minimum absolute atomic E-state index is 0.0231. The molecule has 224 valence electrons. The van der Waals surface area contributed by atoms with E-state index >= 15 is 8.78 Å². The topological polar surface area (TPSA) is 70.7 Å². The second-order valence-electron chi connectivity index (χ2n) is 11.8. The number of carbonyl (C=O) groups is 2. The van der Waals surface area contributed by atoms with Gasteiger partial charge in [0.05, 0.1) is 18.1 Å². The number of carbonyl (C=O) groups excluding carboxylic acids is 2. The van der Waals surface area contributed by atoms with Crippen LogP contribution in [0.1, 0.15) is 56.9 Å². The Morgan fingerprint density at radius 2 is 1.88 bits per heavy atom. The molecule has 11 heteroatoms. The summed E-state index contributed by atoms with van der Waals surface area (Å²) in [5.41, 5.74) is -4.02. The molecule has 5 rings (SSSR count). The fourth-order valence-corrected chi connectivity index (χ4v) is 6.25. The van der Waals surface area contributed by atoms with Crippen molar-refractivity contribution in [2.24, 2.45) is 11.3 Å². The SMILES string of the molecule is O=C(NC(=O)C1(F)CC=CC=C1c1ccc(OCC2CCN(CC3(C(F)(F)F)CCC3)CC2)c(F)c1)C1CCCN1. The van der Waals surface area contributed by atoms with E-state index in [0.29, 0.717) is 45.3 Å². The van der Waals surface area contributed by atoms with E-state index in [1.807, 2.05) is 4.90 Å². The van der Waals surface area contributed by atoms with Crippen LogP contribution in [0.4, 0.5) is 22.0 Å². The molecule has 41 heavy (non-hydrogen) atoms.